The van der Waals surface area contributed by atoms with Crippen LogP contribution in [0.5, 0.6) is 5.75 Å². The Hall–Kier alpha value is -4.03. The van der Waals surface area contributed by atoms with Crippen molar-refractivity contribution < 1.29 is 44.3 Å². The topological polar surface area (TPSA) is 118 Å². The van der Waals surface area contributed by atoms with E-state index in [0.29, 0.717) is 39.0 Å². The van der Waals surface area contributed by atoms with Crippen molar-refractivity contribution in [3.63, 3.8) is 0 Å². The standard InChI is InChI=1S/C28H26F6N6O4S2/c1-16(2)23-35-14-22-24(37-23)38-26(45-22)39-11-12-40(46(42,43)20-9-5-18(6-10-20)27(29,30)31)21(15-39)25(41)36-13-17-3-7-19(8-4-17)44-28(32,33)34/h3-10,14,16,21H,11-13,15H2,1-2H3,(H,36,41). The third-order valence-corrected chi connectivity index (χ3v) is 9.95. The second kappa shape index (κ2) is 12.6. The first-order valence-electron chi connectivity index (χ1n) is 13.7. The molecule has 18 heteroatoms. The highest BCUT2D eigenvalue weighted by atomic mass is 32.2. The summed E-state index contributed by atoms with van der Waals surface area (Å²) in [5.74, 6) is -0.554. The number of carbonyl (C=O) groups excluding carboxylic acids is 1. The lowest BCUT2D eigenvalue weighted by molar-refractivity contribution is -0.274. The molecular formula is C28H26F6N6O4S2. The first-order chi connectivity index (χ1) is 21.5. The largest absolute Gasteiger partial charge is 0.573 e. The number of sulfonamides is 1. The third kappa shape index (κ3) is 7.50. The smallest absolute Gasteiger partial charge is 0.406 e. The second-order valence-corrected chi connectivity index (χ2v) is 13.5. The molecule has 5 rings (SSSR count). The van der Waals surface area contributed by atoms with Gasteiger partial charge >= 0.3 is 12.5 Å². The minimum Gasteiger partial charge on any atom is -0.406 e. The van der Waals surface area contributed by atoms with E-state index in [-0.39, 0.29) is 32.1 Å². The number of piperazine rings is 1. The number of rotatable bonds is 8. The van der Waals surface area contributed by atoms with Crippen molar-refractivity contribution in [2.45, 2.75) is 49.8 Å². The molecule has 3 heterocycles. The molecule has 0 aliphatic carbocycles. The number of anilines is 1. The number of nitrogens with zero attached hydrogens (tertiary/aromatic N) is 5. The number of nitrogens with one attached hydrogen (secondary N) is 1. The molecule has 1 atom stereocenters. The number of benzene rings is 2. The molecule has 0 spiro atoms. The number of carbonyl (C=O) groups is 1. The zero-order valence-corrected chi connectivity index (χ0v) is 25.8. The predicted molar refractivity (Wildman–Crippen MR) is 156 cm³/mol. The highest BCUT2D eigenvalue weighted by Gasteiger charge is 2.41. The van der Waals surface area contributed by atoms with Crippen molar-refractivity contribution in [1.29, 1.82) is 0 Å². The molecule has 0 bridgehead atoms. The molecular weight excluding hydrogens is 662 g/mol. The van der Waals surface area contributed by atoms with Crippen molar-refractivity contribution >= 4 is 42.7 Å². The fourth-order valence-corrected chi connectivity index (χ4v) is 7.14. The summed E-state index contributed by atoms with van der Waals surface area (Å²) >= 11 is 1.25. The van der Waals surface area contributed by atoms with Gasteiger partial charge < -0.3 is 15.0 Å². The monoisotopic (exact) mass is 688 g/mol. The Kier molecular flexibility index (Phi) is 9.16. The van der Waals surface area contributed by atoms with Gasteiger partial charge in [0.15, 0.2) is 10.8 Å². The molecule has 46 heavy (non-hydrogen) atoms. The maximum atomic E-state index is 13.7. The molecule has 1 amide bonds. The third-order valence-electron chi connectivity index (χ3n) is 6.99. The first-order valence-corrected chi connectivity index (χ1v) is 16.0. The molecule has 1 fully saturated rings. The van der Waals surface area contributed by atoms with Crippen LogP contribution in [0.4, 0.5) is 31.5 Å². The van der Waals surface area contributed by atoms with Crippen LogP contribution in [0.25, 0.3) is 10.3 Å². The highest BCUT2D eigenvalue weighted by molar-refractivity contribution is 7.89. The van der Waals surface area contributed by atoms with Gasteiger partial charge in [0.05, 0.1) is 21.4 Å². The van der Waals surface area contributed by atoms with Gasteiger partial charge in [0.1, 0.15) is 17.6 Å². The van der Waals surface area contributed by atoms with Crippen molar-refractivity contribution in [1.82, 2.24) is 24.6 Å². The molecule has 0 radical (unpaired) electrons. The second-order valence-electron chi connectivity index (χ2n) is 10.6. The Morgan fingerprint density at radius 2 is 1.70 bits per heavy atom. The van der Waals surface area contributed by atoms with E-state index >= 15 is 0 Å². The van der Waals surface area contributed by atoms with Crippen LogP contribution >= 0.6 is 11.3 Å². The number of halogens is 6. The van der Waals surface area contributed by atoms with Gasteiger partial charge in [0, 0.05) is 32.1 Å². The fraction of sp³-hybridized carbons (Fsp3) is 0.357. The lowest BCUT2D eigenvalue weighted by Gasteiger charge is -2.39. The number of thiazole rings is 1. The summed E-state index contributed by atoms with van der Waals surface area (Å²) in [6.45, 7) is 3.44. The van der Waals surface area contributed by atoms with E-state index in [1.807, 2.05) is 13.8 Å². The summed E-state index contributed by atoms with van der Waals surface area (Å²) in [4.78, 5) is 28.2. The number of aromatic nitrogens is 3. The average Bonchev–Trinajstić information content (AvgIpc) is 3.43. The number of hydrogen-bond acceptors (Lipinski definition) is 9. The van der Waals surface area contributed by atoms with Crippen LogP contribution in [0.3, 0.4) is 0 Å². The molecule has 246 valence electrons. The van der Waals surface area contributed by atoms with Crippen LogP contribution in [-0.4, -0.2) is 65.6 Å². The van der Waals surface area contributed by atoms with Crippen LogP contribution in [-0.2, 0) is 27.5 Å². The van der Waals surface area contributed by atoms with Crippen LogP contribution in [0.2, 0.25) is 0 Å². The van der Waals surface area contributed by atoms with Crippen LogP contribution in [0.1, 0.15) is 36.7 Å². The van der Waals surface area contributed by atoms with Crippen molar-refractivity contribution in [2.75, 3.05) is 24.5 Å². The van der Waals surface area contributed by atoms with Gasteiger partial charge in [-0.1, -0.05) is 37.3 Å². The van der Waals surface area contributed by atoms with Gasteiger partial charge in [-0.2, -0.15) is 22.5 Å². The lowest BCUT2D eigenvalue weighted by Crippen LogP contribution is -2.60. The SMILES string of the molecule is CC(C)c1ncc2sc(N3CCN(S(=O)(=O)c4ccc(C(F)(F)F)cc4)C(C(=O)NCc4ccc(OC(F)(F)F)cc4)C3)nc2n1. The van der Waals surface area contributed by atoms with Gasteiger partial charge in [-0.25, -0.2) is 18.4 Å². The predicted octanol–water partition coefficient (Wildman–Crippen LogP) is 5.32. The molecule has 2 aromatic heterocycles. The average molecular weight is 689 g/mol. The first kappa shape index (κ1) is 33.3. The van der Waals surface area contributed by atoms with E-state index in [9.17, 15) is 39.6 Å². The van der Waals surface area contributed by atoms with Crippen LogP contribution < -0.4 is 15.0 Å². The Labute approximate surface area is 263 Å². The summed E-state index contributed by atoms with van der Waals surface area (Å²) < 4.78 is 110. The van der Waals surface area contributed by atoms with E-state index in [0.717, 1.165) is 28.6 Å². The summed E-state index contributed by atoms with van der Waals surface area (Å²) in [7, 11) is -4.45. The van der Waals surface area contributed by atoms with E-state index in [2.05, 4.69) is 25.0 Å². The Balaban J connectivity index is 1.40. The van der Waals surface area contributed by atoms with Gasteiger partial charge in [-0.05, 0) is 42.0 Å². The molecule has 1 unspecified atom stereocenters. The fourth-order valence-electron chi connectivity index (χ4n) is 4.66. The van der Waals surface area contributed by atoms with E-state index in [1.54, 1.807) is 11.1 Å². The van der Waals surface area contributed by atoms with E-state index in [1.165, 1.54) is 23.5 Å². The van der Waals surface area contributed by atoms with Crippen molar-refractivity contribution in [3.8, 4) is 5.75 Å². The van der Waals surface area contributed by atoms with Gasteiger partial charge in [-0.3, -0.25) is 4.79 Å². The number of amides is 1. The van der Waals surface area contributed by atoms with Crippen LogP contribution in [0, 0.1) is 0 Å². The molecule has 2 aromatic carbocycles. The number of fused-ring (bicyclic) bond motifs is 1. The van der Waals surface area contributed by atoms with Gasteiger partial charge in [0.2, 0.25) is 15.9 Å². The minimum absolute atomic E-state index is 0.0509. The summed E-state index contributed by atoms with van der Waals surface area (Å²) in [6.07, 6.45) is -7.92. The normalized spacial score (nSPS) is 16.6. The Morgan fingerprint density at radius 1 is 1.02 bits per heavy atom. The molecule has 1 aliphatic rings. The zero-order chi connectivity index (χ0) is 33.4. The quantitative estimate of drug-likeness (QED) is 0.247. The Morgan fingerprint density at radius 3 is 2.30 bits per heavy atom. The van der Waals surface area contributed by atoms with Gasteiger partial charge in [-0.15, -0.1) is 13.2 Å². The molecule has 1 N–H and O–H groups in total. The molecule has 10 nitrogen and oxygen atoms in total. The molecule has 1 saturated heterocycles. The molecule has 4 aromatic rings. The Bertz CT molecular complexity index is 1810. The summed E-state index contributed by atoms with van der Waals surface area (Å²) in [5.41, 5.74) is -0.187. The highest BCUT2D eigenvalue weighted by Crippen LogP contribution is 2.33. The number of alkyl halides is 6. The molecule has 0 saturated carbocycles. The van der Waals surface area contributed by atoms with Crippen molar-refractivity contribution in [2.24, 2.45) is 0 Å². The van der Waals surface area contributed by atoms with Crippen molar-refractivity contribution in [3.05, 3.63) is 71.7 Å². The van der Waals surface area contributed by atoms with Crippen LogP contribution in [0.15, 0.2) is 59.6 Å². The maximum Gasteiger partial charge on any atom is 0.573 e. The van der Waals surface area contributed by atoms with Gasteiger partial charge in [0.25, 0.3) is 0 Å². The maximum absolute atomic E-state index is 13.7. The summed E-state index contributed by atoms with van der Waals surface area (Å²) in [5, 5.41) is 3.08. The summed E-state index contributed by atoms with van der Waals surface area (Å²) in [6, 6.07) is 6.37. The lowest BCUT2D eigenvalue weighted by atomic mass is 10.1. The minimum atomic E-state index is -4.88. The number of ether oxygens (including phenoxy) is 1. The van der Waals surface area contributed by atoms with E-state index in [4.69, 9.17) is 0 Å². The molecule has 1 aliphatic heterocycles. The zero-order valence-electron chi connectivity index (χ0n) is 24.1. The van der Waals surface area contributed by atoms with E-state index < -0.39 is 50.7 Å². The number of hydrogen-bond donors (Lipinski definition) is 1.